The second-order valence-electron chi connectivity index (χ2n) is 5.30. The third-order valence-electron chi connectivity index (χ3n) is 3.29. The molecule has 0 aliphatic carbocycles. The van der Waals surface area contributed by atoms with E-state index in [0.717, 1.165) is 10.6 Å². The fraction of sp³-hybridized carbons (Fsp3) is 0.222. The zero-order chi connectivity index (χ0) is 18.4. The van der Waals surface area contributed by atoms with Gasteiger partial charge in [0.1, 0.15) is 11.6 Å². The maximum Gasteiger partial charge on any atom is 0.237 e. The highest BCUT2D eigenvalue weighted by atomic mass is 32.2. The summed E-state index contributed by atoms with van der Waals surface area (Å²) in [5.74, 6) is -0.417. The summed E-state index contributed by atoms with van der Waals surface area (Å²) in [6, 6.07) is 11.4. The van der Waals surface area contributed by atoms with Crippen molar-refractivity contribution < 1.29 is 18.7 Å². The van der Waals surface area contributed by atoms with Crippen molar-refractivity contribution in [1.29, 1.82) is 0 Å². The van der Waals surface area contributed by atoms with Crippen LogP contribution in [0.4, 0.5) is 15.8 Å². The number of methoxy groups -OCH3 is 1. The minimum Gasteiger partial charge on any atom is -0.497 e. The molecular formula is C18H19FN2O3S. The van der Waals surface area contributed by atoms with E-state index in [1.807, 2.05) is 24.3 Å². The highest BCUT2D eigenvalue weighted by Gasteiger charge is 2.15. The first-order valence-corrected chi connectivity index (χ1v) is 8.45. The van der Waals surface area contributed by atoms with Crippen molar-refractivity contribution >= 4 is 35.0 Å². The molecule has 0 fully saturated rings. The molecule has 2 N–H and O–H groups in total. The Hall–Kier alpha value is -2.54. The van der Waals surface area contributed by atoms with Gasteiger partial charge >= 0.3 is 0 Å². The SMILES string of the molecule is COc1ccc(SC(C)C(=O)Nc2ccc(F)c(NC(C)=O)c2)cc1. The van der Waals surface area contributed by atoms with Crippen LogP contribution in [-0.2, 0) is 9.59 Å². The van der Waals surface area contributed by atoms with Gasteiger partial charge in [0.2, 0.25) is 11.8 Å². The topological polar surface area (TPSA) is 67.4 Å². The van der Waals surface area contributed by atoms with E-state index in [1.54, 1.807) is 14.0 Å². The molecule has 5 nitrogen and oxygen atoms in total. The van der Waals surface area contributed by atoms with Crippen molar-refractivity contribution in [3.63, 3.8) is 0 Å². The molecule has 7 heteroatoms. The number of carbonyl (C=O) groups excluding carboxylic acids is 2. The van der Waals surface area contributed by atoms with Crippen LogP contribution in [0.2, 0.25) is 0 Å². The van der Waals surface area contributed by atoms with Crippen molar-refractivity contribution in [2.75, 3.05) is 17.7 Å². The van der Waals surface area contributed by atoms with Crippen molar-refractivity contribution in [2.45, 2.75) is 24.0 Å². The minimum absolute atomic E-state index is 0.0285. The smallest absolute Gasteiger partial charge is 0.237 e. The lowest BCUT2D eigenvalue weighted by molar-refractivity contribution is -0.115. The Morgan fingerprint density at radius 3 is 2.40 bits per heavy atom. The number of hydrogen-bond donors (Lipinski definition) is 2. The van der Waals surface area contributed by atoms with E-state index < -0.39 is 5.82 Å². The zero-order valence-electron chi connectivity index (χ0n) is 14.1. The van der Waals surface area contributed by atoms with Gasteiger partial charge in [0.25, 0.3) is 0 Å². The number of carbonyl (C=O) groups is 2. The van der Waals surface area contributed by atoms with Gasteiger partial charge in [-0.1, -0.05) is 0 Å². The summed E-state index contributed by atoms with van der Waals surface area (Å²) in [5.41, 5.74) is 0.443. The molecule has 1 atom stereocenters. The second-order valence-corrected chi connectivity index (χ2v) is 6.71. The summed E-state index contributed by atoms with van der Waals surface area (Å²) in [4.78, 5) is 24.3. The molecule has 25 heavy (non-hydrogen) atoms. The zero-order valence-corrected chi connectivity index (χ0v) is 14.9. The second kappa shape index (κ2) is 8.53. The van der Waals surface area contributed by atoms with Crippen molar-refractivity contribution in [3.05, 3.63) is 48.3 Å². The summed E-state index contributed by atoms with van der Waals surface area (Å²) < 4.78 is 18.7. The number of ether oxygens (including phenoxy) is 1. The van der Waals surface area contributed by atoms with Crippen molar-refractivity contribution in [3.8, 4) is 5.75 Å². The van der Waals surface area contributed by atoms with E-state index in [9.17, 15) is 14.0 Å². The van der Waals surface area contributed by atoms with E-state index in [1.165, 1.54) is 36.9 Å². The van der Waals surface area contributed by atoms with Crippen LogP contribution in [0.25, 0.3) is 0 Å². The number of nitrogens with one attached hydrogen (secondary N) is 2. The molecular weight excluding hydrogens is 343 g/mol. The highest BCUT2D eigenvalue weighted by Crippen LogP contribution is 2.27. The van der Waals surface area contributed by atoms with Gasteiger partial charge in [0, 0.05) is 17.5 Å². The minimum atomic E-state index is -0.561. The van der Waals surface area contributed by atoms with Crippen LogP contribution in [0.3, 0.4) is 0 Å². The Bertz CT molecular complexity index is 765. The van der Waals surface area contributed by atoms with E-state index in [0.29, 0.717) is 5.69 Å². The van der Waals surface area contributed by atoms with E-state index in [-0.39, 0.29) is 22.8 Å². The Morgan fingerprint density at radius 2 is 1.80 bits per heavy atom. The molecule has 0 saturated heterocycles. The fourth-order valence-corrected chi connectivity index (χ4v) is 2.91. The predicted molar refractivity (Wildman–Crippen MR) is 97.6 cm³/mol. The number of rotatable bonds is 6. The normalized spacial score (nSPS) is 11.5. The average molecular weight is 362 g/mol. The third kappa shape index (κ3) is 5.49. The molecule has 2 rings (SSSR count). The predicted octanol–water partition coefficient (Wildman–Crippen LogP) is 3.91. The maximum atomic E-state index is 13.6. The van der Waals surface area contributed by atoms with Crippen molar-refractivity contribution in [1.82, 2.24) is 0 Å². The average Bonchev–Trinajstić information content (AvgIpc) is 2.58. The van der Waals surface area contributed by atoms with Gasteiger partial charge in [-0.25, -0.2) is 4.39 Å². The molecule has 0 spiro atoms. The number of thioether (sulfide) groups is 1. The summed E-state index contributed by atoms with van der Waals surface area (Å²) in [6.07, 6.45) is 0. The first-order chi connectivity index (χ1) is 11.9. The van der Waals surface area contributed by atoms with Crippen LogP contribution >= 0.6 is 11.8 Å². The van der Waals surface area contributed by atoms with Gasteiger partial charge in [-0.05, 0) is 49.4 Å². The molecule has 0 aromatic heterocycles. The van der Waals surface area contributed by atoms with Crippen LogP contribution < -0.4 is 15.4 Å². The Labute approximate surface area is 150 Å². The van der Waals surface area contributed by atoms with Gasteiger partial charge in [0.05, 0.1) is 18.0 Å². The first kappa shape index (κ1) is 18.8. The molecule has 1 unspecified atom stereocenters. The van der Waals surface area contributed by atoms with E-state index in [4.69, 9.17) is 4.74 Å². The highest BCUT2D eigenvalue weighted by molar-refractivity contribution is 8.00. The number of hydrogen-bond acceptors (Lipinski definition) is 4. The summed E-state index contributed by atoms with van der Waals surface area (Å²) in [6.45, 7) is 3.07. The molecule has 2 aromatic carbocycles. The van der Waals surface area contributed by atoms with Crippen LogP contribution in [0.15, 0.2) is 47.4 Å². The van der Waals surface area contributed by atoms with Gasteiger partial charge in [-0.3, -0.25) is 9.59 Å². The third-order valence-corrected chi connectivity index (χ3v) is 4.40. The molecule has 0 radical (unpaired) electrons. The quantitative estimate of drug-likeness (QED) is 0.765. The molecule has 0 aliphatic rings. The van der Waals surface area contributed by atoms with E-state index in [2.05, 4.69) is 10.6 Å². The number of benzene rings is 2. The van der Waals surface area contributed by atoms with Crippen LogP contribution in [0.1, 0.15) is 13.8 Å². The largest absolute Gasteiger partial charge is 0.497 e. The van der Waals surface area contributed by atoms with Crippen molar-refractivity contribution in [2.24, 2.45) is 0 Å². The number of amides is 2. The molecule has 2 aromatic rings. The first-order valence-electron chi connectivity index (χ1n) is 7.57. The van der Waals surface area contributed by atoms with Crippen LogP contribution in [-0.4, -0.2) is 24.2 Å². The lowest BCUT2D eigenvalue weighted by Crippen LogP contribution is -2.22. The van der Waals surface area contributed by atoms with Gasteiger partial charge < -0.3 is 15.4 Å². The van der Waals surface area contributed by atoms with Gasteiger partial charge in [-0.2, -0.15) is 0 Å². The molecule has 132 valence electrons. The van der Waals surface area contributed by atoms with Crippen LogP contribution in [0.5, 0.6) is 5.75 Å². The van der Waals surface area contributed by atoms with Gasteiger partial charge in [-0.15, -0.1) is 11.8 Å². The Morgan fingerprint density at radius 1 is 1.12 bits per heavy atom. The Kier molecular flexibility index (Phi) is 6.41. The molecule has 2 amide bonds. The monoisotopic (exact) mass is 362 g/mol. The fourth-order valence-electron chi connectivity index (χ4n) is 2.04. The van der Waals surface area contributed by atoms with Gasteiger partial charge in [0.15, 0.2) is 0 Å². The summed E-state index contributed by atoms with van der Waals surface area (Å²) >= 11 is 1.40. The Balaban J connectivity index is 2.01. The standard InChI is InChI=1S/C18H19FN2O3S/c1-11(25-15-7-5-14(24-3)6-8-15)18(23)21-13-4-9-16(19)17(10-13)20-12(2)22/h4-11H,1-3H3,(H,20,22)(H,21,23). The molecule has 0 aliphatic heterocycles. The summed E-state index contributed by atoms with van der Waals surface area (Å²) in [7, 11) is 1.59. The number of halogens is 1. The molecule has 0 bridgehead atoms. The lowest BCUT2D eigenvalue weighted by atomic mass is 10.2. The van der Waals surface area contributed by atoms with Crippen LogP contribution in [0, 0.1) is 5.82 Å². The summed E-state index contributed by atoms with van der Waals surface area (Å²) in [5, 5.41) is 4.75. The molecule has 0 saturated carbocycles. The lowest BCUT2D eigenvalue weighted by Gasteiger charge is -2.13. The maximum absolute atomic E-state index is 13.6. The number of anilines is 2. The molecule has 0 heterocycles. The van der Waals surface area contributed by atoms with E-state index >= 15 is 0 Å².